The van der Waals surface area contributed by atoms with Crippen molar-refractivity contribution >= 4 is 23.3 Å². The van der Waals surface area contributed by atoms with E-state index in [1.807, 2.05) is 12.1 Å². The molecular weight excluding hydrogens is 318 g/mol. The Morgan fingerprint density at radius 2 is 1.92 bits per heavy atom. The Kier molecular flexibility index (Phi) is 5.28. The van der Waals surface area contributed by atoms with Crippen molar-refractivity contribution < 1.29 is 14.3 Å². The quantitative estimate of drug-likeness (QED) is 0.867. The Morgan fingerprint density at radius 3 is 2.68 bits per heavy atom. The van der Waals surface area contributed by atoms with Gasteiger partial charge in [0.2, 0.25) is 0 Å². The summed E-state index contributed by atoms with van der Waals surface area (Å²) in [4.78, 5) is 30.5. The fraction of sp³-hybridized carbons (Fsp3) is 0.316. The Morgan fingerprint density at radius 1 is 1.12 bits per heavy atom. The number of anilines is 2. The molecule has 6 nitrogen and oxygen atoms in total. The molecule has 1 aromatic heterocycles. The van der Waals surface area contributed by atoms with Crippen LogP contribution in [-0.2, 0) is 4.74 Å². The predicted molar refractivity (Wildman–Crippen MR) is 96.0 cm³/mol. The zero-order chi connectivity index (χ0) is 17.6. The van der Waals surface area contributed by atoms with Crippen LogP contribution in [0, 0.1) is 0 Å². The SMILES string of the molecule is COC(=O)c1cccc(NC(=O)c2cc(N3CCCCC3)ccn2)c1. The van der Waals surface area contributed by atoms with Crippen LogP contribution in [0.4, 0.5) is 11.4 Å². The molecule has 0 unspecified atom stereocenters. The summed E-state index contributed by atoms with van der Waals surface area (Å²) in [5.74, 6) is -0.748. The number of esters is 1. The van der Waals surface area contributed by atoms with Gasteiger partial charge in [-0.05, 0) is 49.6 Å². The van der Waals surface area contributed by atoms with Crippen molar-refractivity contribution in [2.24, 2.45) is 0 Å². The van der Waals surface area contributed by atoms with Crippen molar-refractivity contribution in [2.45, 2.75) is 19.3 Å². The number of carbonyl (C=O) groups excluding carboxylic acids is 2. The molecule has 3 rings (SSSR count). The van der Waals surface area contributed by atoms with Crippen molar-refractivity contribution in [3.05, 3.63) is 53.9 Å². The standard InChI is InChI=1S/C19H21N3O3/c1-25-19(24)14-6-5-7-15(12-14)21-18(23)17-13-16(8-9-20-17)22-10-3-2-4-11-22/h5-9,12-13H,2-4,10-11H2,1H3,(H,21,23). The van der Waals surface area contributed by atoms with Gasteiger partial charge in [-0.2, -0.15) is 0 Å². The molecule has 0 radical (unpaired) electrons. The average molecular weight is 339 g/mol. The first-order chi connectivity index (χ1) is 12.2. The Hall–Kier alpha value is -2.89. The number of carbonyl (C=O) groups is 2. The molecule has 1 aliphatic rings. The van der Waals surface area contributed by atoms with Crippen LogP contribution in [0.2, 0.25) is 0 Å². The van der Waals surface area contributed by atoms with Crippen LogP contribution in [0.1, 0.15) is 40.1 Å². The highest BCUT2D eigenvalue weighted by molar-refractivity contribution is 6.04. The number of ether oxygens (including phenoxy) is 1. The van der Waals surface area contributed by atoms with E-state index in [9.17, 15) is 9.59 Å². The maximum Gasteiger partial charge on any atom is 0.337 e. The lowest BCUT2D eigenvalue weighted by atomic mass is 10.1. The van der Waals surface area contributed by atoms with Crippen molar-refractivity contribution in [3.8, 4) is 0 Å². The molecule has 2 aromatic rings. The molecule has 1 amide bonds. The summed E-state index contributed by atoms with van der Waals surface area (Å²) in [6.45, 7) is 2.01. The minimum absolute atomic E-state index is 0.305. The molecule has 130 valence electrons. The monoisotopic (exact) mass is 339 g/mol. The van der Waals surface area contributed by atoms with E-state index in [2.05, 4.69) is 15.2 Å². The number of amides is 1. The van der Waals surface area contributed by atoms with Crippen molar-refractivity contribution in [2.75, 3.05) is 30.4 Å². The van der Waals surface area contributed by atoms with E-state index >= 15 is 0 Å². The van der Waals surface area contributed by atoms with Gasteiger partial charge in [-0.1, -0.05) is 6.07 Å². The molecule has 6 heteroatoms. The first-order valence-corrected chi connectivity index (χ1v) is 8.38. The fourth-order valence-electron chi connectivity index (χ4n) is 2.93. The van der Waals surface area contributed by atoms with E-state index in [-0.39, 0.29) is 5.91 Å². The van der Waals surface area contributed by atoms with Crippen LogP contribution in [0.5, 0.6) is 0 Å². The number of hydrogen-bond donors (Lipinski definition) is 1. The number of nitrogens with one attached hydrogen (secondary N) is 1. The van der Waals surface area contributed by atoms with Gasteiger partial charge in [0.15, 0.2) is 0 Å². The lowest BCUT2D eigenvalue weighted by Crippen LogP contribution is -2.29. The minimum Gasteiger partial charge on any atom is -0.465 e. The van der Waals surface area contributed by atoms with Gasteiger partial charge in [-0.25, -0.2) is 4.79 Å². The molecule has 0 aliphatic carbocycles. The third-order valence-electron chi connectivity index (χ3n) is 4.24. The van der Waals surface area contributed by atoms with Gasteiger partial charge < -0.3 is 15.0 Å². The first kappa shape index (κ1) is 17.0. The summed E-state index contributed by atoms with van der Waals surface area (Å²) in [7, 11) is 1.32. The number of aromatic nitrogens is 1. The molecule has 0 spiro atoms. The minimum atomic E-state index is -0.443. The molecule has 1 aliphatic heterocycles. The second kappa shape index (κ2) is 7.79. The third-order valence-corrected chi connectivity index (χ3v) is 4.24. The van der Waals surface area contributed by atoms with Crippen molar-refractivity contribution in [3.63, 3.8) is 0 Å². The number of benzene rings is 1. The largest absolute Gasteiger partial charge is 0.465 e. The lowest BCUT2D eigenvalue weighted by molar-refractivity contribution is 0.0600. The number of pyridine rings is 1. The fourth-order valence-corrected chi connectivity index (χ4v) is 2.93. The second-order valence-electron chi connectivity index (χ2n) is 5.97. The van der Waals surface area contributed by atoms with E-state index in [1.54, 1.807) is 30.5 Å². The lowest BCUT2D eigenvalue weighted by Gasteiger charge is -2.28. The van der Waals surface area contributed by atoms with Crippen LogP contribution in [0.15, 0.2) is 42.6 Å². The molecule has 0 atom stereocenters. The van der Waals surface area contributed by atoms with Crippen molar-refractivity contribution in [1.82, 2.24) is 4.98 Å². The van der Waals surface area contributed by atoms with E-state index in [0.29, 0.717) is 16.9 Å². The maximum atomic E-state index is 12.5. The topological polar surface area (TPSA) is 71.5 Å². The highest BCUT2D eigenvalue weighted by atomic mass is 16.5. The van der Waals surface area contributed by atoms with Crippen LogP contribution >= 0.6 is 0 Å². The van der Waals surface area contributed by atoms with Gasteiger partial charge in [-0.3, -0.25) is 9.78 Å². The first-order valence-electron chi connectivity index (χ1n) is 8.38. The van der Waals surface area contributed by atoms with Gasteiger partial charge >= 0.3 is 5.97 Å². The molecular formula is C19H21N3O3. The Labute approximate surface area is 146 Å². The molecule has 1 aromatic carbocycles. The number of hydrogen-bond acceptors (Lipinski definition) is 5. The number of rotatable bonds is 4. The van der Waals surface area contributed by atoms with Crippen LogP contribution in [0.25, 0.3) is 0 Å². The predicted octanol–water partition coefficient (Wildman–Crippen LogP) is 3.11. The highest BCUT2D eigenvalue weighted by Gasteiger charge is 2.15. The van der Waals surface area contributed by atoms with Gasteiger partial charge in [0.05, 0.1) is 12.7 Å². The van der Waals surface area contributed by atoms with Crippen molar-refractivity contribution in [1.29, 1.82) is 0 Å². The smallest absolute Gasteiger partial charge is 0.337 e. The average Bonchev–Trinajstić information content (AvgIpc) is 2.68. The summed E-state index contributed by atoms with van der Waals surface area (Å²) in [5.41, 5.74) is 2.28. The third kappa shape index (κ3) is 4.15. The number of piperidine rings is 1. The van der Waals surface area contributed by atoms with Crippen LogP contribution in [0.3, 0.4) is 0 Å². The second-order valence-corrected chi connectivity index (χ2v) is 5.97. The van der Waals surface area contributed by atoms with E-state index in [4.69, 9.17) is 4.74 Å². The summed E-state index contributed by atoms with van der Waals surface area (Å²) < 4.78 is 4.69. The Bertz CT molecular complexity index is 770. The summed E-state index contributed by atoms with van der Waals surface area (Å²) in [5, 5.41) is 2.78. The highest BCUT2D eigenvalue weighted by Crippen LogP contribution is 2.20. The normalized spacial score (nSPS) is 14.0. The van der Waals surface area contributed by atoms with Gasteiger partial charge in [0, 0.05) is 30.7 Å². The molecule has 25 heavy (non-hydrogen) atoms. The summed E-state index contributed by atoms with van der Waals surface area (Å²) in [6, 6.07) is 10.4. The van der Waals surface area contributed by atoms with Gasteiger partial charge in [-0.15, -0.1) is 0 Å². The molecule has 1 N–H and O–H groups in total. The summed E-state index contributed by atoms with van der Waals surface area (Å²) in [6.07, 6.45) is 5.25. The maximum absolute atomic E-state index is 12.5. The van der Waals surface area contributed by atoms with E-state index in [1.165, 1.54) is 26.4 Å². The molecule has 2 heterocycles. The Balaban J connectivity index is 1.74. The zero-order valence-electron chi connectivity index (χ0n) is 14.2. The number of nitrogens with zero attached hydrogens (tertiary/aromatic N) is 2. The van der Waals surface area contributed by atoms with Crippen LogP contribution in [-0.4, -0.2) is 37.1 Å². The van der Waals surface area contributed by atoms with E-state index in [0.717, 1.165) is 18.8 Å². The molecule has 1 fully saturated rings. The number of methoxy groups -OCH3 is 1. The zero-order valence-corrected chi connectivity index (χ0v) is 14.2. The molecule has 1 saturated heterocycles. The van der Waals surface area contributed by atoms with Crippen LogP contribution < -0.4 is 10.2 Å². The summed E-state index contributed by atoms with van der Waals surface area (Å²) >= 11 is 0. The molecule has 0 saturated carbocycles. The molecule has 0 bridgehead atoms. The van der Waals surface area contributed by atoms with Gasteiger partial charge in [0.25, 0.3) is 5.91 Å². The van der Waals surface area contributed by atoms with E-state index < -0.39 is 5.97 Å². The van der Waals surface area contributed by atoms with Gasteiger partial charge in [0.1, 0.15) is 5.69 Å².